The van der Waals surface area contributed by atoms with Gasteiger partial charge in [0.1, 0.15) is 6.04 Å². The molecule has 0 N–H and O–H groups in total. The topological polar surface area (TPSA) is 83.2 Å². The highest BCUT2D eigenvalue weighted by Gasteiger charge is 2.23. The highest BCUT2D eigenvalue weighted by Crippen LogP contribution is 2.28. The predicted octanol–water partition coefficient (Wildman–Crippen LogP) is 3.17. The van der Waals surface area contributed by atoms with Gasteiger partial charge in [-0.15, -0.1) is 0 Å². The summed E-state index contributed by atoms with van der Waals surface area (Å²) in [5, 5.41) is 1.38. The van der Waals surface area contributed by atoms with Gasteiger partial charge >= 0.3 is 11.7 Å². The van der Waals surface area contributed by atoms with Crippen LogP contribution in [0.2, 0.25) is 0 Å². The number of para-hydroxylation sites is 1. The van der Waals surface area contributed by atoms with E-state index in [1.165, 1.54) is 30.1 Å². The highest BCUT2D eigenvalue weighted by atomic mass is 32.1. The monoisotopic (exact) mass is 423 g/mol. The number of aromatic nitrogens is 3. The number of benzene rings is 2. The Morgan fingerprint density at radius 3 is 2.67 bits per heavy atom. The summed E-state index contributed by atoms with van der Waals surface area (Å²) in [5.74, 6) is -0.651. The number of methoxy groups -OCH3 is 1. The molecule has 7 nitrogen and oxygen atoms in total. The van der Waals surface area contributed by atoms with Gasteiger partial charge in [-0.3, -0.25) is 9.36 Å². The van der Waals surface area contributed by atoms with Gasteiger partial charge in [0.05, 0.1) is 35.0 Å². The molecule has 0 aliphatic rings. The number of hydrogen-bond acceptors (Lipinski definition) is 6. The number of fused-ring (bicyclic) bond motifs is 2. The Bertz CT molecular complexity index is 1410. The van der Waals surface area contributed by atoms with Gasteiger partial charge in [0.2, 0.25) is 0 Å². The largest absolute Gasteiger partial charge is 0.467 e. The third kappa shape index (κ3) is 3.13. The lowest BCUT2D eigenvalue weighted by molar-refractivity contribution is -0.144. The van der Waals surface area contributed by atoms with Crippen molar-refractivity contribution in [3.05, 3.63) is 74.1 Å². The van der Waals surface area contributed by atoms with Crippen molar-refractivity contribution in [2.45, 2.75) is 33.4 Å². The summed E-state index contributed by atoms with van der Waals surface area (Å²) in [5.41, 5.74) is 2.42. The van der Waals surface area contributed by atoms with Crippen LogP contribution < -0.4 is 11.2 Å². The molecule has 154 valence electrons. The average Bonchev–Trinajstić information content (AvgIpc) is 3.13. The number of carbonyl (C=O) groups excluding carboxylic acids is 1. The molecule has 2 aromatic carbocycles. The van der Waals surface area contributed by atoms with Gasteiger partial charge in [0, 0.05) is 5.39 Å². The Balaban J connectivity index is 1.99. The van der Waals surface area contributed by atoms with Crippen LogP contribution in [0.25, 0.3) is 21.0 Å². The third-order valence-corrected chi connectivity index (χ3v) is 6.14. The van der Waals surface area contributed by atoms with Crippen LogP contribution in [0.3, 0.4) is 0 Å². The molecule has 0 aliphatic heterocycles. The summed E-state index contributed by atoms with van der Waals surface area (Å²) in [7, 11) is 1.23. The minimum atomic E-state index is -1.04. The second kappa shape index (κ2) is 7.53. The Hall–Kier alpha value is -3.26. The molecule has 0 amide bonds. The molecule has 30 heavy (non-hydrogen) atoms. The molecule has 8 heteroatoms. The molecule has 0 saturated carbocycles. The average molecular weight is 423 g/mol. The van der Waals surface area contributed by atoms with Crippen LogP contribution in [0.15, 0.2) is 46.0 Å². The summed E-state index contributed by atoms with van der Waals surface area (Å²) < 4.78 is 12.9. The lowest BCUT2D eigenvalue weighted by Crippen LogP contribution is -2.44. The lowest BCUT2D eigenvalue weighted by Gasteiger charge is -2.17. The minimum Gasteiger partial charge on any atom is -0.467 e. The van der Waals surface area contributed by atoms with Gasteiger partial charge in [0.15, 0.2) is 0 Å². The van der Waals surface area contributed by atoms with Crippen LogP contribution in [0.1, 0.15) is 29.8 Å². The fraction of sp³-hybridized carbons (Fsp3) is 0.273. The second-order valence-corrected chi connectivity index (χ2v) is 8.15. The normalized spacial score (nSPS) is 12.4. The van der Waals surface area contributed by atoms with Crippen molar-refractivity contribution in [2.24, 2.45) is 0 Å². The molecule has 0 saturated heterocycles. The van der Waals surface area contributed by atoms with Crippen LogP contribution in [-0.2, 0) is 16.1 Å². The zero-order chi connectivity index (χ0) is 21.6. The van der Waals surface area contributed by atoms with Gasteiger partial charge in [0.25, 0.3) is 5.56 Å². The number of ether oxygens (including phenoxy) is 1. The van der Waals surface area contributed by atoms with Crippen molar-refractivity contribution in [3.8, 4) is 0 Å². The Labute approximate surface area is 176 Å². The summed E-state index contributed by atoms with van der Waals surface area (Å²) in [6.07, 6.45) is 0. The highest BCUT2D eigenvalue weighted by molar-refractivity contribution is 7.13. The van der Waals surface area contributed by atoms with E-state index in [-0.39, 0.29) is 6.54 Å². The van der Waals surface area contributed by atoms with E-state index in [9.17, 15) is 14.4 Å². The Morgan fingerprint density at radius 2 is 1.93 bits per heavy atom. The quantitative estimate of drug-likeness (QED) is 0.471. The zero-order valence-electron chi connectivity index (χ0n) is 17.1. The molecule has 2 heterocycles. The van der Waals surface area contributed by atoms with Gasteiger partial charge in [-0.2, -0.15) is 4.37 Å². The van der Waals surface area contributed by atoms with E-state index in [0.29, 0.717) is 10.9 Å². The summed E-state index contributed by atoms with van der Waals surface area (Å²) in [6.45, 7) is 5.73. The molecule has 4 aromatic rings. The van der Waals surface area contributed by atoms with Gasteiger partial charge < -0.3 is 4.74 Å². The molecule has 0 aliphatic carbocycles. The second-order valence-electron chi connectivity index (χ2n) is 7.34. The maximum absolute atomic E-state index is 13.4. The standard InChI is InChI=1S/C22H21N3O4S/c1-12-9-13(2)19-16(23-30-18(19)10-12)11-24-17-8-6-5-7-15(17)20(26)25(22(24)28)14(3)21(27)29-4/h5-10,14H,11H2,1-4H3/t14-/m0/s1. The molecule has 2 aromatic heterocycles. The van der Waals surface area contributed by atoms with Crippen molar-refractivity contribution in [3.63, 3.8) is 0 Å². The first-order chi connectivity index (χ1) is 14.3. The zero-order valence-corrected chi connectivity index (χ0v) is 17.9. The molecule has 0 bridgehead atoms. The molecule has 0 fully saturated rings. The van der Waals surface area contributed by atoms with E-state index in [1.807, 2.05) is 13.8 Å². The first-order valence-electron chi connectivity index (χ1n) is 9.51. The molecular formula is C22H21N3O4S. The number of rotatable bonds is 4. The molecule has 1 atom stereocenters. The van der Waals surface area contributed by atoms with Crippen molar-refractivity contribution >= 4 is 38.5 Å². The van der Waals surface area contributed by atoms with E-state index < -0.39 is 23.3 Å². The van der Waals surface area contributed by atoms with E-state index >= 15 is 0 Å². The minimum absolute atomic E-state index is 0.192. The maximum Gasteiger partial charge on any atom is 0.332 e. The third-order valence-electron chi connectivity index (χ3n) is 5.30. The first kappa shape index (κ1) is 20.0. The predicted molar refractivity (Wildman–Crippen MR) is 117 cm³/mol. The summed E-state index contributed by atoms with van der Waals surface area (Å²) in [4.78, 5) is 38.5. The number of esters is 1. The van der Waals surface area contributed by atoms with Crippen molar-refractivity contribution in [1.82, 2.24) is 13.5 Å². The van der Waals surface area contributed by atoms with Crippen LogP contribution >= 0.6 is 11.5 Å². The van der Waals surface area contributed by atoms with E-state index in [2.05, 4.69) is 16.5 Å². The molecular weight excluding hydrogens is 402 g/mol. The van der Waals surface area contributed by atoms with Gasteiger partial charge in [-0.25, -0.2) is 14.2 Å². The molecule has 0 radical (unpaired) electrons. The lowest BCUT2D eigenvalue weighted by atomic mass is 10.1. The van der Waals surface area contributed by atoms with E-state index in [4.69, 9.17) is 4.74 Å². The smallest absolute Gasteiger partial charge is 0.332 e. The van der Waals surface area contributed by atoms with Gasteiger partial charge in [-0.1, -0.05) is 18.2 Å². The van der Waals surface area contributed by atoms with Crippen LogP contribution in [-0.4, -0.2) is 26.6 Å². The first-order valence-corrected chi connectivity index (χ1v) is 10.3. The maximum atomic E-state index is 13.4. The number of carbonyl (C=O) groups is 1. The van der Waals surface area contributed by atoms with Crippen LogP contribution in [0.4, 0.5) is 0 Å². The van der Waals surface area contributed by atoms with Gasteiger partial charge in [-0.05, 0) is 61.6 Å². The Morgan fingerprint density at radius 1 is 1.20 bits per heavy atom. The Kier molecular flexibility index (Phi) is 5.03. The van der Waals surface area contributed by atoms with Crippen LogP contribution in [0, 0.1) is 13.8 Å². The number of hydrogen-bond donors (Lipinski definition) is 0. The summed E-state index contributed by atoms with van der Waals surface area (Å²) in [6, 6.07) is 10.0. The summed E-state index contributed by atoms with van der Waals surface area (Å²) >= 11 is 1.39. The fourth-order valence-electron chi connectivity index (χ4n) is 3.89. The van der Waals surface area contributed by atoms with Crippen molar-refractivity contribution in [1.29, 1.82) is 0 Å². The fourth-order valence-corrected chi connectivity index (χ4v) is 4.85. The van der Waals surface area contributed by atoms with Crippen molar-refractivity contribution in [2.75, 3.05) is 7.11 Å². The molecule has 0 unspecified atom stereocenters. The number of aryl methyl sites for hydroxylation is 2. The molecule has 0 spiro atoms. The van der Waals surface area contributed by atoms with Crippen LogP contribution in [0.5, 0.6) is 0 Å². The number of nitrogens with zero attached hydrogens (tertiary/aromatic N) is 3. The van der Waals surface area contributed by atoms with Crippen molar-refractivity contribution < 1.29 is 9.53 Å². The SMILES string of the molecule is COC(=O)[C@H](C)n1c(=O)c2ccccc2n(Cc2nsc3cc(C)cc(C)c23)c1=O. The van der Waals surface area contributed by atoms with E-state index in [1.54, 1.807) is 24.3 Å². The molecule has 4 rings (SSSR count). The van der Waals surface area contributed by atoms with E-state index in [0.717, 1.165) is 31.5 Å².